The van der Waals surface area contributed by atoms with Gasteiger partial charge in [-0.2, -0.15) is 0 Å². The Bertz CT molecular complexity index is 323. The van der Waals surface area contributed by atoms with Crippen LogP contribution in [0.15, 0.2) is 0 Å². The van der Waals surface area contributed by atoms with Crippen LogP contribution in [0.3, 0.4) is 0 Å². The number of nitrogens with zero attached hydrogens (tertiary/aromatic N) is 1. The van der Waals surface area contributed by atoms with E-state index in [2.05, 4.69) is 4.90 Å². The van der Waals surface area contributed by atoms with Crippen LogP contribution in [0.25, 0.3) is 0 Å². The summed E-state index contributed by atoms with van der Waals surface area (Å²) in [5, 5.41) is 9.95. The largest absolute Gasteiger partial charge is 0.393 e. The Morgan fingerprint density at radius 2 is 1.58 bits per heavy atom. The first-order chi connectivity index (χ1) is 9.25. The Morgan fingerprint density at radius 3 is 2.26 bits per heavy atom. The maximum absolute atomic E-state index is 12.6. The van der Waals surface area contributed by atoms with Crippen LogP contribution in [0, 0.1) is 17.8 Å². The summed E-state index contributed by atoms with van der Waals surface area (Å²) in [4.78, 5) is 14.7. The average molecular weight is 265 g/mol. The molecule has 19 heavy (non-hydrogen) atoms. The van der Waals surface area contributed by atoms with Gasteiger partial charge in [0.2, 0.25) is 5.91 Å². The molecule has 0 spiro atoms. The third-order valence-electron chi connectivity index (χ3n) is 5.59. The highest BCUT2D eigenvalue weighted by atomic mass is 16.3. The molecule has 1 heterocycles. The highest BCUT2D eigenvalue weighted by Crippen LogP contribution is 2.39. The van der Waals surface area contributed by atoms with Crippen molar-refractivity contribution in [2.24, 2.45) is 17.8 Å². The van der Waals surface area contributed by atoms with Gasteiger partial charge in [0, 0.05) is 24.9 Å². The van der Waals surface area contributed by atoms with E-state index in [-0.39, 0.29) is 12.0 Å². The molecule has 3 atom stereocenters. The van der Waals surface area contributed by atoms with Crippen LogP contribution in [-0.4, -0.2) is 35.1 Å². The average Bonchev–Trinajstić information content (AvgIpc) is 2.91. The van der Waals surface area contributed by atoms with E-state index in [1.54, 1.807) is 0 Å². The lowest BCUT2D eigenvalue weighted by Crippen LogP contribution is -2.36. The van der Waals surface area contributed by atoms with Crippen LogP contribution in [-0.2, 0) is 4.79 Å². The maximum Gasteiger partial charge on any atom is 0.225 e. The van der Waals surface area contributed by atoms with Crippen LogP contribution in [0.2, 0.25) is 0 Å². The van der Waals surface area contributed by atoms with E-state index < -0.39 is 0 Å². The SMILES string of the molecule is O=C(C1CCCCCCC1)N1CC2CCC(O)C2C1. The molecule has 3 rings (SSSR count). The van der Waals surface area contributed by atoms with E-state index in [4.69, 9.17) is 0 Å². The van der Waals surface area contributed by atoms with E-state index in [0.29, 0.717) is 17.7 Å². The Hall–Kier alpha value is -0.570. The molecule has 1 N–H and O–H groups in total. The van der Waals surface area contributed by atoms with Gasteiger partial charge in [-0.3, -0.25) is 4.79 Å². The number of likely N-dealkylation sites (tertiary alicyclic amines) is 1. The Labute approximate surface area is 116 Å². The second-order valence-electron chi connectivity index (χ2n) is 6.85. The fourth-order valence-corrected chi connectivity index (χ4v) is 4.38. The predicted molar refractivity (Wildman–Crippen MR) is 74.6 cm³/mol. The molecule has 1 amide bonds. The zero-order valence-corrected chi connectivity index (χ0v) is 11.9. The second-order valence-corrected chi connectivity index (χ2v) is 6.85. The minimum absolute atomic E-state index is 0.153. The Morgan fingerprint density at radius 1 is 0.895 bits per heavy atom. The molecule has 3 unspecified atom stereocenters. The fourth-order valence-electron chi connectivity index (χ4n) is 4.38. The summed E-state index contributed by atoms with van der Waals surface area (Å²) in [5.74, 6) is 1.62. The van der Waals surface area contributed by atoms with E-state index in [1.165, 1.54) is 32.1 Å². The van der Waals surface area contributed by atoms with Gasteiger partial charge in [0.25, 0.3) is 0 Å². The number of amides is 1. The molecule has 2 saturated carbocycles. The van der Waals surface area contributed by atoms with Crippen LogP contribution in [0.5, 0.6) is 0 Å². The summed E-state index contributed by atoms with van der Waals surface area (Å²) < 4.78 is 0. The van der Waals surface area contributed by atoms with Crippen LogP contribution < -0.4 is 0 Å². The molecule has 0 aromatic carbocycles. The van der Waals surface area contributed by atoms with Gasteiger partial charge in [0.15, 0.2) is 0 Å². The molecule has 3 aliphatic rings. The number of carbonyl (C=O) groups is 1. The van der Waals surface area contributed by atoms with Gasteiger partial charge in [-0.25, -0.2) is 0 Å². The molecule has 0 bridgehead atoms. The zero-order valence-electron chi connectivity index (χ0n) is 11.9. The van der Waals surface area contributed by atoms with Crippen molar-refractivity contribution in [2.75, 3.05) is 13.1 Å². The lowest BCUT2D eigenvalue weighted by atomic mass is 9.90. The van der Waals surface area contributed by atoms with Crippen molar-refractivity contribution in [3.8, 4) is 0 Å². The van der Waals surface area contributed by atoms with Crippen molar-refractivity contribution >= 4 is 5.91 Å². The van der Waals surface area contributed by atoms with E-state index in [9.17, 15) is 9.90 Å². The highest BCUT2D eigenvalue weighted by Gasteiger charge is 2.44. The zero-order chi connectivity index (χ0) is 13.2. The topological polar surface area (TPSA) is 40.5 Å². The number of rotatable bonds is 1. The van der Waals surface area contributed by atoms with Gasteiger partial charge in [-0.1, -0.05) is 32.1 Å². The van der Waals surface area contributed by atoms with Crippen molar-refractivity contribution in [3.05, 3.63) is 0 Å². The van der Waals surface area contributed by atoms with Gasteiger partial charge in [-0.05, 0) is 31.6 Å². The lowest BCUT2D eigenvalue weighted by Gasteiger charge is -2.26. The van der Waals surface area contributed by atoms with Gasteiger partial charge in [0.1, 0.15) is 0 Å². The van der Waals surface area contributed by atoms with Gasteiger partial charge >= 0.3 is 0 Å². The van der Waals surface area contributed by atoms with E-state index >= 15 is 0 Å². The molecule has 3 nitrogen and oxygen atoms in total. The molecule has 3 fully saturated rings. The number of fused-ring (bicyclic) bond motifs is 1. The van der Waals surface area contributed by atoms with Gasteiger partial charge in [-0.15, -0.1) is 0 Å². The smallest absolute Gasteiger partial charge is 0.225 e. The monoisotopic (exact) mass is 265 g/mol. The summed E-state index contributed by atoms with van der Waals surface area (Å²) in [6, 6.07) is 0. The van der Waals surface area contributed by atoms with Gasteiger partial charge in [0.05, 0.1) is 6.10 Å². The summed E-state index contributed by atoms with van der Waals surface area (Å²) in [6.45, 7) is 1.73. The van der Waals surface area contributed by atoms with Crippen molar-refractivity contribution in [1.29, 1.82) is 0 Å². The summed E-state index contributed by atoms with van der Waals surface area (Å²) in [6.07, 6.45) is 10.5. The molecule has 0 radical (unpaired) electrons. The molecule has 0 aromatic rings. The lowest BCUT2D eigenvalue weighted by molar-refractivity contribution is -0.135. The normalized spacial score (nSPS) is 36.9. The number of hydrogen-bond acceptors (Lipinski definition) is 2. The minimum Gasteiger partial charge on any atom is -0.393 e. The second kappa shape index (κ2) is 5.82. The minimum atomic E-state index is -0.153. The molecule has 2 aliphatic carbocycles. The standard InChI is InChI=1S/C16H27NO2/c18-15-9-8-13-10-17(11-14(13)15)16(19)12-6-4-2-1-3-5-7-12/h12-15,18H,1-11H2. The van der Waals surface area contributed by atoms with Crippen molar-refractivity contribution in [3.63, 3.8) is 0 Å². The molecule has 3 heteroatoms. The first-order valence-corrected chi connectivity index (χ1v) is 8.22. The van der Waals surface area contributed by atoms with Crippen molar-refractivity contribution in [2.45, 2.75) is 63.9 Å². The molecular weight excluding hydrogens is 238 g/mol. The predicted octanol–water partition coefficient (Wildman–Crippen LogP) is 2.58. The van der Waals surface area contributed by atoms with E-state index in [1.807, 2.05) is 0 Å². The molecule has 1 saturated heterocycles. The first kappa shape index (κ1) is 13.4. The quantitative estimate of drug-likeness (QED) is 0.791. The van der Waals surface area contributed by atoms with Crippen LogP contribution >= 0.6 is 0 Å². The first-order valence-electron chi connectivity index (χ1n) is 8.22. The van der Waals surface area contributed by atoms with Crippen molar-refractivity contribution in [1.82, 2.24) is 4.90 Å². The molecule has 108 valence electrons. The number of carbonyl (C=O) groups excluding carboxylic acids is 1. The fraction of sp³-hybridized carbons (Fsp3) is 0.938. The van der Waals surface area contributed by atoms with Gasteiger partial charge < -0.3 is 10.0 Å². The maximum atomic E-state index is 12.6. The highest BCUT2D eigenvalue weighted by molar-refractivity contribution is 5.79. The van der Waals surface area contributed by atoms with Crippen LogP contribution in [0.4, 0.5) is 0 Å². The third kappa shape index (κ3) is 2.81. The molecule has 1 aliphatic heterocycles. The van der Waals surface area contributed by atoms with Crippen LogP contribution in [0.1, 0.15) is 57.8 Å². The van der Waals surface area contributed by atoms with E-state index in [0.717, 1.165) is 38.8 Å². The summed E-state index contributed by atoms with van der Waals surface area (Å²) in [5.41, 5.74) is 0. The molecular formula is C16H27NO2. The Balaban J connectivity index is 1.58. The summed E-state index contributed by atoms with van der Waals surface area (Å²) in [7, 11) is 0. The van der Waals surface area contributed by atoms with Crippen molar-refractivity contribution < 1.29 is 9.90 Å². The third-order valence-corrected chi connectivity index (χ3v) is 5.59. The number of hydrogen-bond donors (Lipinski definition) is 1. The number of aliphatic hydroxyl groups is 1. The Kier molecular flexibility index (Phi) is 4.11. The molecule has 0 aromatic heterocycles. The number of aliphatic hydroxyl groups excluding tert-OH is 1. The summed E-state index contributed by atoms with van der Waals surface area (Å²) >= 11 is 0.